The average Bonchev–Trinajstić information content (AvgIpc) is 3.18. The predicted octanol–water partition coefficient (Wildman–Crippen LogP) is 2.26. The van der Waals surface area contributed by atoms with Gasteiger partial charge in [0.2, 0.25) is 11.8 Å². The standard InChI is InChI=1S/C19H21N3O2/c1-21-12-14(10-18(21)23)19(24)22-8-6-13(7-9-22)16-11-20-17-5-3-2-4-15(16)17/h2-6,11,14,20H,7-10,12H2,1H3/t14-/m0/s1. The Bertz CT molecular complexity index is 836. The Hall–Kier alpha value is -2.56. The molecule has 4 rings (SSSR count). The first-order chi connectivity index (χ1) is 11.6. The third-order valence-corrected chi connectivity index (χ3v) is 5.15. The van der Waals surface area contributed by atoms with Crippen molar-refractivity contribution in [2.45, 2.75) is 12.8 Å². The summed E-state index contributed by atoms with van der Waals surface area (Å²) >= 11 is 0. The Balaban J connectivity index is 1.49. The van der Waals surface area contributed by atoms with Crippen molar-refractivity contribution in [2.75, 3.05) is 26.7 Å². The van der Waals surface area contributed by atoms with Crippen molar-refractivity contribution in [1.29, 1.82) is 0 Å². The summed E-state index contributed by atoms with van der Waals surface area (Å²) in [6.45, 7) is 1.90. The smallest absolute Gasteiger partial charge is 0.228 e. The second kappa shape index (κ2) is 5.82. The van der Waals surface area contributed by atoms with E-state index in [9.17, 15) is 9.59 Å². The Kier molecular flexibility index (Phi) is 3.63. The molecule has 0 radical (unpaired) electrons. The van der Waals surface area contributed by atoms with Crippen molar-refractivity contribution < 1.29 is 9.59 Å². The van der Waals surface area contributed by atoms with E-state index in [-0.39, 0.29) is 17.7 Å². The molecule has 2 aliphatic heterocycles. The number of nitrogens with one attached hydrogen (secondary N) is 1. The zero-order valence-electron chi connectivity index (χ0n) is 13.8. The molecule has 1 atom stereocenters. The normalized spacial score (nSPS) is 21.5. The second-order valence-electron chi connectivity index (χ2n) is 6.69. The van der Waals surface area contributed by atoms with E-state index in [2.05, 4.69) is 29.4 Å². The van der Waals surface area contributed by atoms with E-state index < -0.39 is 0 Å². The highest BCUT2D eigenvalue weighted by Crippen LogP contribution is 2.30. The Morgan fingerprint density at radius 1 is 1.29 bits per heavy atom. The lowest BCUT2D eigenvalue weighted by molar-refractivity contribution is -0.135. The first kappa shape index (κ1) is 15.0. The van der Waals surface area contributed by atoms with Crippen molar-refractivity contribution in [3.05, 3.63) is 42.1 Å². The van der Waals surface area contributed by atoms with Gasteiger partial charge in [-0.15, -0.1) is 0 Å². The van der Waals surface area contributed by atoms with E-state index in [0.29, 0.717) is 19.5 Å². The number of aromatic nitrogens is 1. The van der Waals surface area contributed by atoms with Gasteiger partial charge in [-0.1, -0.05) is 24.3 Å². The van der Waals surface area contributed by atoms with Crippen molar-refractivity contribution in [1.82, 2.24) is 14.8 Å². The molecule has 24 heavy (non-hydrogen) atoms. The summed E-state index contributed by atoms with van der Waals surface area (Å²) in [5.74, 6) is 0.00727. The number of carbonyl (C=O) groups excluding carboxylic acids is 2. The molecule has 3 heterocycles. The van der Waals surface area contributed by atoms with Crippen LogP contribution in [0, 0.1) is 5.92 Å². The second-order valence-corrected chi connectivity index (χ2v) is 6.69. The molecule has 0 aliphatic carbocycles. The number of hydrogen-bond donors (Lipinski definition) is 1. The molecule has 2 aliphatic rings. The minimum absolute atomic E-state index is 0.0698. The first-order valence-electron chi connectivity index (χ1n) is 8.42. The molecule has 2 amide bonds. The van der Waals surface area contributed by atoms with Crippen LogP contribution in [0.25, 0.3) is 16.5 Å². The van der Waals surface area contributed by atoms with Gasteiger partial charge in [0.05, 0.1) is 5.92 Å². The van der Waals surface area contributed by atoms with Crippen LogP contribution in [-0.2, 0) is 9.59 Å². The summed E-state index contributed by atoms with van der Waals surface area (Å²) < 4.78 is 0. The van der Waals surface area contributed by atoms with Crippen molar-refractivity contribution in [3.63, 3.8) is 0 Å². The van der Waals surface area contributed by atoms with Gasteiger partial charge in [0.15, 0.2) is 0 Å². The van der Waals surface area contributed by atoms with Crippen LogP contribution in [0.3, 0.4) is 0 Å². The number of rotatable bonds is 2. The Morgan fingerprint density at radius 3 is 2.83 bits per heavy atom. The van der Waals surface area contributed by atoms with E-state index in [0.717, 1.165) is 18.5 Å². The molecule has 1 saturated heterocycles. The van der Waals surface area contributed by atoms with Gasteiger partial charge in [0.1, 0.15) is 0 Å². The van der Waals surface area contributed by atoms with Crippen LogP contribution in [0.15, 0.2) is 36.5 Å². The molecule has 0 bridgehead atoms. The minimum atomic E-state index is -0.175. The van der Waals surface area contributed by atoms with Crippen LogP contribution in [0.2, 0.25) is 0 Å². The van der Waals surface area contributed by atoms with Crippen molar-refractivity contribution >= 4 is 28.3 Å². The molecule has 0 spiro atoms. The highest BCUT2D eigenvalue weighted by atomic mass is 16.2. The van der Waals surface area contributed by atoms with E-state index in [1.165, 1.54) is 16.5 Å². The van der Waals surface area contributed by atoms with E-state index >= 15 is 0 Å². The number of benzene rings is 1. The number of fused-ring (bicyclic) bond motifs is 1. The number of hydrogen-bond acceptors (Lipinski definition) is 2. The first-order valence-corrected chi connectivity index (χ1v) is 8.42. The van der Waals surface area contributed by atoms with Gasteiger partial charge in [-0.3, -0.25) is 9.59 Å². The van der Waals surface area contributed by atoms with Crippen LogP contribution >= 0.6 is 0 Å². The van der Waals surface area contributed by atoms with Gasteiger partial charge in [-0.25, -0.2) is 0 Å². The van der Waals surface area contributed by atoms with Crippen LogP contribution in [0.1, 0.15) is 18.4 Å². The number of nitrogens with zero attached hydrogens (tertiary/aromatic N) is 2. The van der Waals surface area contributed by atoms with Gasteiger partial charge in [-0.2, -0.15) is 0 Å². The zero-order valence-corrected chi connectivity index (χ0v) is 13.8. The minimum Gasteiger partial charge on any atom is -0.361 e. The maximum atomic E-state index is 12.6. The number of likely N-dealkylation sites (tertiary alicyclic amines) is 1. The number of amides is 2. The lowest BCUT2D eigenvalue weighted by Gasteiger charge is -2.28. The lowest BCUT2D eigenvalue weighted by atomic mass is 9.98. The summed E-state index contributed by atoms with van der Waals surface area (Å²) in [4.78, 5) is 31.1. The molecule has 5 heteroatoms. The topological polar surface area (TPSA) is 56.4 Å². The predicted molar refractivity (Wildman–Crippen MR) is 93.2 cm³/mol. The fourth-order valence-electron chi connectivity index (χ4n) is 3.74. The highest BCUT2D eigenvalue weighted by molar-refractivity contribution is 5.93. The third kappa shape index (κ3) is 2.50. The van der Waals surface area contributed by atoms with Gasteiger partial charge in [0, 0.05) is 55.8 Å². The molecule has 124 valence electrons. The zero-order chi connectivity index (χ0) is 16.7. The molecule has 1 aromatic carbocycles. The molecular formula is C19H21N3O2. The van der Waals surface area contributed by atoms with Crippen LogP contribution in [-0.4, -0.2) is 53.3 Å². The van der Waals surface area contributed by atoms with E-state index in [1.807, 2.05) is 17.0 Å². The fraction of sp³-hybridized carbons (Fsp3) is 0.368. The summed E-state index contributed by atoms with van der Waals surface area (Å²) in [7, 11) is 1.76. The number of para-hydroxylation sites is 1. The Morgan fingerprint density at radius 2 is 2.12 bits per heavy atom. The summed E-state index contributed by atoms with van der Waals surface area (Å²) in [6.07, 6.45) is 5.41. The molecule has 0 unspecified atom stereocenters. The van der Waals surface area contributed by atoms with Crippen molar-refractivity contribution in [2.24, 2.45) is 5.92 Å². The number of H-pyrrole nitrogens is 1. The fourth-order valence-corrected chi connectivity index (χ4v) is 3.74. The number of carbonyl (C=O) groups is 2. The van der Waals surface area contributed by atoms with E-state index in [4.69, 9.17) is 0 Å². The molecule has 1 aromatic heterocycles. The summed E-state index contributed by atoms with van der Waals surface area (Å²) in [5, 5.41) is 1.23. The van der Waals surface area contributed by atoms with Gasteiger partial charge in [-0.05, 0) is 18.1 Å². The lowest BCUT2D eigenvalue weighted by Crippen LogP contribution is -2.39. The molecule has 1 N–H and O–H groups in total. The Labute approximate surface area is 140 Å². The maximum absolute atomic E-state index is 12.6. The van der Waals surface area contributed by atoms with E-state index in [1.54, 1.807) is 11.9 Å². The average molecular weight is 323 g/mol. The largest absolute Gasteiger partial charge is 0.361 e. The van der Waals surface area contributed by atoms with Crippen LogP contribution < -0.4 is 0 Å². The SMILES string of the molecule is CN1C[C@@H](C(=O)N2CC=C(c3c[nH]c4ccccc34)CC2)CC1=O. The monoisotopic (exact) mass is 323 g/mol. The van der Waals surface area contributed by atoms with Gasteiger partial charge < -0.3 is 14.8 Å². The van der Waals surface area contributed by atoms with Crippen molar-refractivity contribution in [3.8, 4) is 0 Å². The number of aromatic amines is 1. The van der Waals surface area contributed by atoms with Crippen LogP contribution in [0.4, 0.5) is 0 Å². The molecule has 2 aromatic rings. The third-order valence-electron chi connectivity index (χ3n) is 5.15. The summed E-state index contributed by atoms with van der Waals surface area (Å²) in [5.41, 5.74) is 3.66. The molecule has 0 saturated carbocycles. The summed E-state index contributed by atoms with van der Waals surface area (Å²) in [6, 6.07) is 8.27. The molecule has 1 fully saturated rings. The highest BCUT2D eigenvalue weighted by Gasteiger charge is 2.35. The molecular weight excluding hydrogens is 302 g/mol. The van der Waals surface area contributed by atoms with Crippen LogP contribution in [0.5, 0.6) is 0 Å². The molecule has 5 nitrogen and oxygen atoms in total. The van der Waals surface area contributed by atoms with Gasteiger partial charge >= 0.3 is 0 Å². The maximum Gasteiger partial charge on any atom is 0.228 e. The quantitative estimate of drug-likeness (QED) is 0.922. The van der Waals surface area contributed by atoms with Gasteiger partial charge in [0.25, 0.3) is 0 Å².